The summed E-state index contributed by atoms with van der Waals surface area (Å²) in [5.74, 6) is 0.389. The summed E-state index contributed by atoms with van der Waals surface area (Å²) in [5, 5.41) is 0. The van der Waals surface area contributed by atoms with E-state index in [2.05, 4.69) is 20.4 Å². The van der Waals surface area contributed by atoms with E-state index in [9.17, 15) is 0 Å². The highest BCUT2D eigenvalue weighted by molar-refractivity contribution is 4.94. The molecule has 1 heterocycles. The van der Waals surface area contributed by atoms with E-state index in [1.165, 1.54) is 13.5 Å². The van der Waals surface area contributed by atoms with Crippen LogP contribution in [0.15, 0.2) is 10.8 Å². The van der Waals surface area contributed by atoms with Gasteiger partial charge in [-0.25, -0.2) is 0 Å². The first-order valence-electron chi connectivity index (χ1n) is 1.78. The molecule has 1 aromatic heterocycles. The second-order valence-electron chi connectivity index (χ2n) is 0.964. The molecule has 0 aliphatic heterocycles. The summed E-state index contributed by atoms with van der Waals surface area (Å²) in [7, 11) is 1.51. The van der Waals surface area contributed by atoms with Gasteiger partial charge in [0.25, 0.3) is 5.88 Å². The second kappa shape index (κ2) is 1.64. The van der Waals surface area contributed by atoms with Crippen LogP contribution in [-0.4, -0.2) is 12.1 Å². The molecule has 37 valence electrons. The number of rotatable bonds is 1. The summed E-state index contributed by atoms with van der Waals surface area (Å²) in [5.41, 5.74) is 0. The van der Waals surface area contributed by atoms with Crippen LogP contribution in [0.1, 0.15) is 0 Å². The van der Waals surface area contributed by atoms with Gasteiger partial charge >= 0.3 is 0 Å². The Bertz CT molecular complexity index is 124. The van der Waals surface area contributed by atoms with Gasteiger partial charge in [0.05, 0.1) is 7.11 Å². The standard InChI is InChI=1S/C4H4NO2/c1-6-4-2-7-3-5-4/h3H,1H3. The highest BCUT2D eigenvalue weighted by Crippen LogP contribution is 1.99. The van der Waals surface area contributed by atoms with Gasteiger partial charge in [0, 0.05) is 0 Å². The lowest BCUT2D eigenvalue weighted by atomic mass is 10.9. The lowest BCUT2D eigenvalue weighted by Gasteiger charge is -1.82. The molecular weight excluding hydrogens is 94.0 g/mol. The molecule has 0 fully saturated rings. The highest BCUT2D eigenvalue weighted by atomic mass is 16.5. The molecule has 0 aromatic carbocycles. The molecule has 7 heavy (non-hydrogen) atoms. The lowest BCUT2D eigenvalue weighted by Crippen LogP contribution is -1.78. The van der Waals surface area contributed by atoms with Crippen molar-refractivity contribution < 1.29 is 9.15 Å². The Kier molecular flexibility index (Phi) is 0.978. The fourth-order valence-electron chi connectivity index (χ4n) is 0.272. The van der Waals surface area contributed by atoms with Crippen molar-refractivity contribution in [3.8, 4) is 5.88 Å². The van der Waals surface area contributed by atoms with Crippen molar-refractivity contribution in [3.05, 3.63) is 12.7 Å². The van der Waals surface area contributed by atoms with Gasteiger partial charge in [0.15, 0.2) is 6.39 Å². The zero-order valence-electron chi connectivity index (χ0n) is 3.84. The zero-order valence-corrected chi connectivity index (χ0v) is 3.84. The van der Waals surface area contributed by atoms with Gasteiger partial charge in [-0.15, -0.1) is 0 Å². The summed E-state index contributed by atoms with van der Waals surface area (Å²) in [4.78, 5) is 3.59. The number of ether oxygens (including phenoxy) is 1. The third kappa shape index (κ3) is 0.707. The molecule has 3 nitrogen and oxygen atoms in total. The molecule has 0 N–H and O–H groups in total. The van der Waals surface area contributed by atoms with Gasteiger partial charge in [-0.3, -0.25) is 0 Å². The minimum atomic E-state index is 0.389. The van der Waals surface area contributed by atoms with E-state index < -0.39 is 0 Å². The molecule has 0 saturated carbocycles. The Labute approximate surface area is 40.9 Å². The first-order valence-corrected chi connectivity index (χ1v) is 1.78. The average molecular weight is 98.1 g/mol. The Morgan fingerprint density at radius 1 is 2.00 bits per heavy atom. The molecule has 1 radical (unpaired) electrons. The number of hydrogen-bond donors (Lipinski definition) is 0. The summed E-state index contributed by atoms with van der Waals surface area (Å²) in [6, 6.07) is 0. The first kappa shape index (κ1) is 4.18. The SMILES string of the molecule is COc1[c]ocn1. The minimum Gasteiger partial charge on any atom is -0.478 e. The normalized spacial score (nSPS) is 8.71. The highest BCUT2D eigenvalue weighted by Gasteiger charge is 1.88. The van der Waals surface area contributed by atoms with Gasteiger partial charge in [-0.1, -0.05) is 0 Å². The second-order valence-corrected chi connectivity index (χ2v) is 0.964. The minimum absolute atomic E-state index is 0.389. The van der Waals surface area contributed by atoms with Crippen molar-refractivity contribution in [1.82, 2.24) is 4.98 Å². The van der Waals surface area contributed by atoms with Gasteiger partial charge < -0.3 is 9.15 Å². The maximum Gasteiger partial charge on any atom is 0.264 e. The number of nitrogens with zero attached hydrogens (tertiary/aromatic N) is 1. The van der Waals surface area contributed by atoms with Crippen molar-refractivity contribution in [2.45, 2.75) is 0 Å². The number of hydrogen-bond acceptors (Lipinski definition) is 3. The molecule has 0 unspecified atom stereocenters. The Morgan fingerprint density at radius 3 is 3.14 bits per heavy atom. The summed E-state index contributed by atoms with van der Waals surface area (Å²) >= 11 is 0. The average Bonchev–Trinajstić information content (AvgIpc) is 2.14. The van der Waals surface area contributed by atoms with Crippen molar-refractivity contribution in [3.63, 3.8) is 0 Å². The van der Waals surface area contributed by atoms with Crippen molar-refractivity contribution >= 4 is 0 Å². The van der Waals surface area contributed by atoms with E-state index in [1.807, 2.05) is 0 Å². The largest absolute Gasteiger partial charge is 0.478 e. The topological polar surface area (TPSA) is 35.3 Å². The maximum absolute atomic E-state index is 4.59. The van der Waals surface area contributed by atoms with Crippen LogP contribution in [0.25, 0.3) is 0 Å². The molecule has 0 aliphatic carbocycles. The molecular formula is C4H4NO2. The van der Waals surface area contributed by atoms with Crippen LogP contribution in [0, 0.1) is 6.26 Å². The predicted molar refractivity (Wildman–Crippen MR) is 21.9 cm³/mol. The molecule has 0 amide bonds. The summed E-state index contributed by atoms with van der Waals surface area (Å²) in [6.45, 7) is 0. The fourth-order valence-corrected chi connectivity index (χ4v) is 0.272. The fraction of sp³-hybridized carbons (Fsp3) is 0.250. The van der Waals surface area contributed by atoms with Crippen molar-refractivity contribution in [2.24, 2.45) is 0 Å². The molecule has 0 saturated heterocycles. The Balaban J connectivity index is 2.76. The molecule has 0 bridgehead atoms. The molecule has 1 aromatic rings. The number of methoxy groups -OCH3 is 1. The van der Waals surface area contributed by atoms with E-state index in [0.29, 0.717) is 5.88 Å². The third-order valence-electron chi connectivity index (χ3n) is 0.562. The third-order valence-corrected chi connectivity index (χ3v) is 0.562. The first-order chi connectivity index (χ1) is 3.43. The van der Waals surface area contributed by atoms with Crippen LogP contribution in [0.4, 0.5) is 0 Å². The quantitative estimate of drug-likeness (QED) is 0.512. The monoisotopic (exact) mass is 98.0 g/mol. The van der Waals surface area contributed by atoms with Gasteiger partial charge in [-0.2, -0.15) is 4.98 Å². The number of aromatic nitrogens is 1. The van der Waals surface area contributed by atoms with Crippen LogP contribution in [0.3, 0.4) is 0 Å². The zero-order chi connectivity index (χ0) is 5.11. The molecule has 0 aliphatic rings. The number of oxazole rings is 1. The van der Waals surface area contributed by atoms with Crippen LogP contribution in [-0.2, 0) is 0 Å². The van der Waals surface area contributed by atoms with Crippen LogP contribution >= 0.6 is 0 Å². The van der Waals surface area contributed by atoms with Crippen molar-refractivity contribution in [1.29, 1.82) is 0 Å². The molecule has 0 spiro atoms. The van der Waals surface area contributed by atoms with E-state index >= 15 is 0 Å². The van der Waals surface area contributed by atoms with E-state index in [1.54, 1.807) is 0 Å². The van der Waals surface area contributed by atoms with Crippen LogP contribution in [0.2, 0.25) is 0 Å². The van der Waals surface area contributed by atoms with Gasteiger partial charge in [0.2, 0.25) is 6.26 Å². The van der Waals surface area contributed by atoms with Gasteiger partial charge in [0.1, 0.15) is 0 Å². The van der Waals surface area contributed by atoms with E-state index in [4.69, 9.17) is 0 Å². The van der Waals surface area contributed by atoms with Gasteiger partial charge in [-0.05, 0) is 0 Å². The van der Waals surface area contributed by atoms with E-state index in [-0.39, 0.29) is 0 Å². The predicted octanol–water partition coefficient (Wildman–Crippen LogP) is 0.483. The van der Waals surface area contributed by atoms with Crippen LogP contribution in [0.5, 0.6) is 5.88 Å². The molecule has 3 heteroatoms. The van der Waals surface area contributed by atoms with Crippen molar-refractivity contribution in [2.75, 3.05) is 7.11 Å². The molecule has 1 rings (SSSR count). The summed E-state index contributed by atoms with van der Waals surface area (Å²) in [6.07, 6.45) is 3.64. The van der Waals surface area contributed by atoms with E-state index in [0.717, 1.165) is 0 Å². The summed E-state index contributed by atoms with van der Waals surface area (Å²) < 4.78 is 9.04. The molecule has 0 atom stereocenters. The lowest BCUT2D eigenvalue weighted by molar-refractivity contribution is 0.393. The smallest absolute Gasteiger partial charge is 0.264 e. The Morgan fingerprint density at radius 2 is 2.86 bits per heavy atom. The van der Waals surface area contributed by atoms with Crippen LogP contribution < -0.4 is 4.74 Å². The Hall–Kier alpha value is -0.990. The maximum atomic E-state index is 4.59.